The number of hydrogen-bond acceptors (Lipinski definition) is 2. The number of nitrogens with zero attached hydrogens (tertiary/aromatic N) is 1. The van der Waals surface area contributed by atoms with Crippen molar-refractivity contribution in [1.29, 1.82) is 0 Å². The van der Waals surface area contributed by atoms with Gasteiger partial charge in [0.25, 0.3) is 0 Å². The van der Waals surface area contributed by atoms with E-state index in [0.717, 1.165) is 44.4 Å². The van der Waals surface area contributed by atoms with E-state index in [2.05, 4.69) is 248 Å². The highest BCUT2D eigenvalue weighted by atomic mass is 16.3. The fourth-order valence-electron chi connectivity index (χ4n) is 9.96. The van der Waals surface area contributed by atoms with Crippen LogP contribution in [-0.2, 0) is 0 Å². The zero-order chi connectivity index (χ0) is 42.4. The van der Waals surface area contributed by atoms with Gasteiger partial charge < -0.3 is 9.32 Å². The normalized spacial score (nSPS) is 11.4. The number of anilines is 3. The second-order valence-electron chi connectivity index (χ2n) is 16.3. The molecule has 0 saturated carbocycles. The fraction of sp³-hybridized carbons (Fsp3) is 0. The van der Waals surface area contributed by atoms with Gasteiger partial charge in [0.1, 0.15) is 5.58 Å². The van der Waals surface area contributed by atoms with Crippen LogP contribution in [0.15, 0.2) is 253 Å². The van der Waals surface area contributed by atoms with E-state index < -0.39 is 0 Å². The van der Waals surface area contributed by atoms with Crippen molar-refractivity contribution in [3.63, 3.8) is 0 Å². The Morgan fingerprint density at radius 3 is 1.38 bits per heavy atom. The number of rotatable bonds is 8. The maximum Gasteiger partial charge on any atom is 0.159 e. The zero-order valence-corrected chi connectivity index (χ0v) is 35.0. The average molecular weight is 816 g/mol. The van der Waals surface area contributed by atoms with Gasteiger partial charge in [-0.2, -0.15) is 0 Å². The largest absolute Gasteiger partial charge is 0.454 e. The second kappa shape index (κ2) is 15.8. The van der Waals surface area contributed by atoms with Crippen molar-refractivity contribution >= 4 is 60.5 Å². The Hall–Kier alpha value is -8.46. The lowest BCUT2D eigenvalue weighted by Crippen LogP contribution is -2.11. The van der Waals surface area contributed by atoms with Crippen molar-refractivity contribution in [3.8, 4) is 55.6 Å². The van der Waals surface area contributed by atoms with Crippen LogP contribution >= 0.6 is 0 Å². The quantitative estimate of drug-likeness (QED) is 0.152. The second-order valence-corrected chi connectivity index (χ2v) is 16.3. The van der Waals surface area contributed by atoms with Crippen LogP contribution in [0.25, 0.3) is 99.1 Å². The molecule has 2 heteroatoms. The van der Waals surface area contributed by atoms with Crippen molar-refractivity contribution in [2.24, 2.45) is 0 Å². The molecule has 64 heavy (non-hydrogen) atoms. The molecule has 0 spiro atoms. The Morgan fingerprint density at radius 2 is 0.734 bits per heavy atom. The molecule has 0 aliphatic carbocycles. The summed E-state index contributed by atoms with van der Waals surface area (Å²) >= 11 is 0. The smallest absolute Gasteiger partial charge is 0.159 e. The van der Waals surface area contributed by atoms with Gasteiger partial charge in [-0.25, -0.2) is 0 Å². The Labute approximate surface area is 372 Å². The molecule has 0 radical (unpaired) electrons. The molecule has 0 unspecified atom stereocenters. The molecule has 0 atom stereocenters. The molecular weight excluding hydrogens is 775 g/mol. The number of para-hydroxylation sites is 3. The molecular formula is C62H41NO. The van der Waals surface area contributed by atoms with Crippen LogP contribution in [-0.4, -0.2) is 0 Å². The molecule has 12 rings (SSSR count). The highest BCUT2D eigenvalue weighted by Gasteiger charge is 2.27. The van der Waals surface area contributed by atoms with E-state index in [4.69, 9.17) is 4.42 Å². The van der Waals surface area contributed by atoms with Crippen molar-refractivity contribution in [2.45, 2.75) is 0 Å². The summed E-state index contributed by atoms with van der Waals surface area (Å²) in [4.78, 5) is 2.36. The first kappa shape index (κ1) is 37.3. The van der Waals surface area contributed by atoms with E-state index in [1.54, 1.807) is 0 Å². The Balaban J connectivity index is 1.20. The van der Waals surface area contributed by atoms with Gasteiger partial charge >= 0.3 is 0 Å². The third kappa shape index (κ3) is 6.19. The molecule has 2 nitrogen and oxygen atoms in total. The van der Waals surface area contributed by atoms with E-state index >= 15 is 0 Å². The van der Waals surface area contributed by atoms with E-state index in [1.807, 2.05) is 6.07 Å². The fourth-order valence-corrected chi connectivity index (χ4v) is 9.96. The van der Waals surface area contributed by atoms with Gasteiger partial charge in [-0.1, -0.05) is 218 Å². The van der Waals surface area contributed by atoms with E-state index in [1.165, 1.54) is 71.8 Å². The molecule has 0 aliphatic heterocycles. The topological polar surface area (TPSA) is 16.4 Å². The first-order chi connectivity index (χ1) is 31.8. The first-order valence-corrected chi connectivity index (χ1v) is 21.9. The predicted octanol–water partition coefficient (Wildman–Crippen LogP) is 17.7. The van der Waals surface area contributed by atoms with E-state index in [0.29, 0.717) is 0 Å². The predicted molar refractivity (Wildman–Crippen MR) is 271 cm³/mol. The third-order valence-electron chi connectivity index (χ3n) is 12.7. The van der Waals surface area contributed by atoms with Crippen molar-refractivity contribution in [1.82, 2.24) is 0 Å². The summed E-state index contributed by atoms with van der Waals surface area (Å²) in [5.41, 5.74) is 16.8. The number of benzene rings is 11. The lowest BCUT2D eigenvalue weighted by molar-refractivity contribution is 0.669. The van der Waals surface area contributed by atoms with Gasteiger partial charge in [-0.3, -0.25) is 0 Å². The summed E-state index contributed by atoms with van der Waals surface area (Å²) < 4.78 is 6.71. The van der Waals surface area contributed by atoms with Gasteiger partial charge in [0.05, 0.1) is 11.4 Å². The van der Waals surface area contributed by atoms with Crippen LogP contribution in [0.4, 0.5) is 17.1 Å². The van der Waals surface area contributed by atoms with Crippen molar-refractivity contribution < 1.29 is 4.42 Å². The minimum absolute atomic E-state index is 0.860. The van der Waals surface area contributed by atoms with Crippen LogP contribution in [0.3, 0.4) is 0 Å². The highest BCUT2D eigenvalue weighted by Crippen LogP contribution is 2.54. The maximum absolute atomic E-state index is 6.71. The molecule has 1 aromatic heterocycles. The molecule has 11 aromatic carbocycles. The number of hydrogen-bond donors (Lipinski definition) is 0. The monoisotopic (exact) mass is 815 g/mol. The summed E-state index contributed by atoms with van der Waals surface area (Å²) in [6.45, 7) is 0. The van der Waals surface area contributed by atoms with Crippen LogP contribution < -0.4 is 4.90 Å². The van der Waals surface area contributed by atoms with Crippen LogP contribution in [0.2, 0.25) is 0 Å². The summed E-state index contributed by atoms with van der Waals surface area (Å²) in [6.07, 6.45) is 0. The SMILES string of the molecule is c1ccc(-c2c(-c3ccccc3)c(-c3ccccc3)c3c(-c4ccc(N(c5ccccc5)c5cccc6c5oc5ccccc56)c5ccccc45)cccc3c2-c2ccccc2)cc1. The molecule has 0 bridgehead atoms. The Bertz CT molecular complexity index is 3630. The molecule has 0 amide bonds. The van der Waals surface area contributed by atoms with E-state index in [-0.39, 0.29) is 0 Å². The minimum Gasteiger partial charge on any atom is -0.454 e. The standard InChI is InChI=1S/C62H41NO/c1-6-22-42(23-7-1)57-53-37-20-35-51(61(53)60(45-28-12-4-13-29-45)59(44-26-10-3-11-27-44)58(57)43-24-8-2-9-25-43)48-40-41-54(49-33-17-16-32-47(48)49)63(46-30-14-5-15-31-46)55-38-21-36-52-50-34-18-19-39-56(50)64-62(52)55/h1-41H. The van der Waals surface area contributed by atoms with Gasteiger partial charge in [0.2, 0.25) is 0 Å². The van der Waals surface area contributed by atoms with E-state index in [9.17, 15) is 0 Å². The molecule has 0 fully saturated rings. The summed E-state index contributed by atoms with van der Waals surface area (Å²) in [7, 11) is 0. The van der Waals surface area contributed by atoms with Crippen LogP contribution in [0, 0.1) is 0 Å². The maximum atomic E-state index is 6.71. The first-order valence-electron chi connectivity index (χ1n) is 21.9. The minimum atomic E-state index is 0.860. The molecule has 0 saturated heterocycles. The number of furan rings is 1. The van der Waals surface area contributed by atoms with Crippen molar-refractivity contribution in [3.05, 3.63) is 249 Å². The highest BCUT2D eigenvalue weighted by molar-refractivity contribution is 6.24. The Morgan fingerprint density at radius 1 is 0.266 bits per heavy atom. The van der Waals surface area contributed by atoms with Crippen LogP contribution in [0.1, 0.15) is 0 Å². The van der Waals surface area contributed by atoms with Gasteiger partial charge in [-0.05, 0) is 102 Å². The van der Waals surface area contributed by atoms with Crippen molar-refractivity contribution in [2.75, 3.05) is 4.90 Å². The van der Waals surface area contributed by atoms with Gasteiger partial charge in [0.15, 0.2) is 5.58 Å². The molecule has 12 aromatic rings. The summed E-state index contributed by atoms with van der Waals surface area (Å²) in [5.74, 6) is 0. The zero-order valence-electron chi connectivity index (χ0n) is 35.0. The molecule has 0 aliphatic rings. The molecule has 0 N–H and O–H groups in total. The van der Waals surface area contributed by atoms with Crippen LogP contribution in [0.5, 0.6) is 0 Å². The lowest BCUT2D eigenvalue weighted by atomic mass is 9.77. The molecule has 300 valence electrons. The summed E-state index contributed by atoms with van der Waals surface area (Å²) in [5, 5.41) is 6.93. The van der Waals surface area contributed by atoms with Gasteiger partial charge in [0, 0.05) is 21.8 Å². The molecule has 1 heterocycles. The third-order valence-corrected chi connectivity index (χ3v) is 12.7. The summed E-state index contributed by atoms with van der Waals surface area (Å²) in [6, 6.07) is 89.7. The number of fused-ring (bicyclic) bond motifs is 5. The van der Waals surface area contributed by atoms with Gasteiger partial charge in [-0.15, -0.1) is 0 Å². The Kier molecular flexibility index (Phi) is 9.20. The average Bonchev–Trinajstić information content (AvgIpc) is 3.76. The lowest BCUT2D eigenvalue weighted by Gasteiger charge is -2.28.